The van der Waals surface area contributed by atoms with E-state index >= 15 is 0 Å². The van der Waals surface area contributed by atoms with Crippen molar-refractivity contribution in [2.75, 3.05) is 5.75 Å². The summed E-state index contributed by atoms with van der Waals surface area (Å²) in [6.07, 6.45) is 0. The van der Waals surface area contributed by atoms with Crippen molar-refractivity contribution in [2.45, 2.75) is 31.1 Å². The monoisotopic (exact) mass is 244 g/mol. The summed E-state index contributed by atoms with van der Waals surface area (Å²) in [5.41, 5.74) is 5.29. The predicted octanol–water partition coefficient (Wildman–Crippen LogP) is -0.846. The van der Waals surface area contributed by atoms with Gasteiger partial charge >= 0.3 is 0 Å². The van der Waals surface area contributed by atoms with Gasteiger partial charge in [-0.25, -0.2) is 4.68 Å². The van der Waals surface area contributed by atoms with Crippen molar-refractivity contribution in [1.29, 1.82) is 0 Å². The summed E-state index contributed by atoms with van der Waals surface area (Å²) >= 11 is 1.40. The molecule has 1 unspecified atom stereocenters. The maximum absolute atomic E-state index is 11.2. The fourth-order valence-corrected chi connectivity index (χ4v) is 2.01. The minimum atomic E-state index is -0.373. The average molecular weight is 244 g/mol. The molecule has 0 aliphatic carbocycles. The summed E-state index contributed by atoms with van der Waals surface area (Å²) in [4.78, 5) is 11.2. The molecule has 0 fully saturated rings. The lowest BCUT2D eigenvalue weighted by atomic mass is 10.3. The number of primary amides is 1. The molecule has 3 N–H and O–H groups in total. The van der Waals surface area contributed by atoms with Gasteiger partial charge in [-0.3, -0.25) is 4.79 Å². The largest absolute Gasteiger partial charge is 0.368 e. The third-order valence-corrected chi connectivity index (χ3v) is 2.94. The van der Waals surface area contributed by atoms with Crippen LogP contribution in [0.1, 0.15) is 13.8 Å². The van der Waals surface area contributed by atoms with Gasteiger partial charge in [0.15, 0.2) is 0 Å². The van der Waals surface area contributed by atoms with Crippen LogP contribution in [0.3, 0.4) is 0 Å². The fourth-order valence-electron chi connectivity index (χ4n) is 1.12. The molecule has 8 heteroatoms. The summed E-state index contributed by atoms with van der Waals surface area (Å²) < 4.78 is 1.55. The van der Waals surface area contributed by atoms with Gasteiger partial charge < -0.3 is 11.1 Å². The second kappa shape index (κ2) is 5.80. The van der Waals surface area contributed by atoms with Gasteiger partial charge in [-0.1, -0.05) is 25.6 Å². The van der Waals surface area contributed by atoms with Crippen molar-refractivity contribution in [3.63, 3.8) is 0 Å². The Morgan fingerprint density at radius 1 is 1.62 bits per heavy atom. The highest BCUT2D eigenvalue weighted by atomic mass is 32.2. The predicted molar refractivity (Wildman–Crippen MR) is 60.8 cm³/mol. The van der Waals surface area contributed by atoms with E-state index in [1.165, 1.54) is 11.8 Å². The Morgan fingerprint density at radius 3 is 2.75 bits per heavy atom. The van der Waals surface area contributed by atoms with Crippen LogP contribution in [0.4, 0.5) is 0 Å². The van der Waals surface area contributed by atoms with Crippen LogP contribution in [0.15, 0.2) is 5.16 Å². The maximum atomic E-state index is 11.2. The highest BCUT2D eigenvalue weighted by Gasteiger charge is 2.17. The van der Waals surface area contributed by atoms with Crippen molar-refractivity contribution in [3.05, 3.63) is 0 Å². The van der Waals surface area contributed by atoms with Crippen LogP contribution in [0.2, 0.25) is 0 Å². The molecule has 0 radical (unpaired) electrons. The van der Waals surface area contributed by atoms with Gasteiger partial charge in [0.25, 0.3) is 0 Å². The van der Waals surface area contributed by atoms with Gasteiger partial charge in [0.1, 0.15) is 0 Å². The van der Waals surface area contributed by atoms with E-state index < -0.39 is 0 Å². The van der Waals surface area contributed by atoms with E-state index in [4.69, 9.17) is 5.73 Å². The second-order valence-corrected chi connectivity index (χ2v) is 4.66. The number of aromatic nitrogens is 4. The van der Waals surface area contributed by atoms with E-state index in [-0.39, 0.29) is 18.0 Å². The van der Waals surface area contributed by atoms with Crippen molar-refractivity contribution in [2.24, 2.45) is 12.8 Å². The Labute approximate surface area is 98.1 Å². The van der Waals surface area contributed by atoms with Crippen LogP contribution >= 0.6 is 11.8 Å². The average Bonchev–Trinajstić information content (AvgIpc) is 2.57. The molecule has 0 saturated carbocycles. The number of hydrogen-bond donors (Lipinski definition) is 2. The van der Waals surface area contributed by atoms with Gasteiger partial charge in [0, 0.05) is 18.8 Å². The normalized spacial score (nSPS) is 13.0. The molecule has 0 aliphatic rings. The van der Waals surface area contributed by atoms with E-state index in [2.05, 4.69) is 20.8 Å². The number of tetrazole rings is 1. The van der Waals surface area contributed by atoms with Gasteiger partial charge in [-0.15, -0.1) is 5.10 Å². The molecule has 0 bridgehead atoms. The number of nitrogens with two attached hydrogens (primary N) is 1. The number of thioether (sulfide) groups is 1. The zero-order valence-electron chi connectivity index (χ0n) is 9.54. The highest BCUT2D eigenvalue weighted by molar-refractivity contribution is 7.99. The molecular formula is C8H16N6OS. The van der Waals surface area contributed by atoms with E-state index in [9.17, 15) is 4.79 Å². The SMILES string of the molecule is CC(C)NC(CSc1nnnn1C)C(N)=O. The van der Waals surface area contributed by atoms with Gasteiger partial charge in [-0.05, 0) is 10.4 Å². The minimum absolute atomic E-state index is 0.204. The molecule has 0 saturated heterocycles. The van der Waals surface area contributed by atoms with Crippen LogP contribution in [-0.2, 0) is 11.8 Å². The summed E-state index contributed by atoms with van der Waals surface area (Å²) in [7, 11) is 1.75. The van der Waals surface area contributed by atoms with E-state index in [1.807, 2.05) is 13.8 Å². The lowest BCUT2D eigenvalue weighted by molar-refractivity contribution is -0.119. The molecule has 1 aromatic heterocycles. The Kier molecular flexibility index (Phi) is 4.69. The molecular weight excluding hydrogens is 228 g/mol. The smallest absolute Gasteiger partial charge is 0.235 e. The number of carbonyl (C=O) groups excluding carboxylic acids is 1. The molecule has 1 rings (SSSR count). The summed E-state index contributed by atoms with van der Waals surface area (Å²) in [6.45, 7) is 3.93. The molecule has 1 heterocycles. The zero-order chi connectivity index (χ0) is 12.1. The van der Waals surface area contributed by atoms with Crippen molar-refractivity contribution in [3.8, 4) is 0 Å². The number of rotatable bonds is 6. The van der Waals surface area contributed by atoms with E-state index in [1.54, 1.807) is 11.7 Å². The lowest BCUT2D eigenvalue weighted by Gasteiger charge is -2.17. The third-order valence-electron chi connectivity index (χ3n) is 1.84. The number of nitrogens with one attached hydrogen (secondary N) is 1. The summed E-state index contributed by atoms with van der Waals surface area (Å²) in [5.74, 6) is 0.151. The van der Waals surface area contributed by atoms with Crippen LogP contribution in [0.25, 0.3) is 0 Å². The maximum Gasteiger partial charge on any atom is 0.235 e. The first-order chi connectivity index (χ1) is 7.50. The first-order valence-electron chi connectivity index (χ1n) is 4.91. The van der Waals surface area contributed by atoms with Crippen molar-refractivity contribution >= 4 is 17.7 Å². The highest BCUT2D eigenvalue weighted by Crippen LogP contribution is 2.13. The molecule has 90 valence electrons. The van der Waals surface area contributed by atoms with Gasteiger partial charge in [0.2, 0.25) is 11.1 Å². The molecule has 0 aromatic carbocycles. The quantitative estimate of drug-likeness (QED) is 0.633. The number of carbonyl (C=O) groups is 1. The number of nitrogens with zero attached hydrogens (tertiary/aromatic N) is 4. The first kappa shape index (κ1) is 12.9. The molecule has 0 spiro atoms. The first-order valence-corrected chi connectivity index (χ1v) is 5.89. The number of aryl methyl sites for hydroxylation is 1. The van der Waals surface area contributed by atoms with Gasteiger partial charge in [0.05, 0.1) is 6.04 Å². The Morgan fingerprint density at radius 2 is 2.31 bits per heavy atom. The molecule has 1 atom stereocenters. The van der Waals surface area contributed by atoms with Crippen LogP contribution in [-0.4, -0.2) is 44.0 Å². The van der Waals surface area contributed by atoms with Crippen LogP contribution in [0, 0.1) is 0 Å². The van der Waals surface area contributed by atoms with E-state index in [0.717, 1.165) is 0 Å². The molecule has 7 nitrogen and oxygen atoms in total. The van der Waals surface area contributed by atoms with Crippen LogP contribution < -0.4 is 11.1 Å². The van der Waals surface area contributed by atoms with Crippen molar-refractivity contribution in [1.82, 2.24) is 25.5 Å². The molecule has 16 heavy (non-hydrogen) atoms. The summed E-state index contributed by atoms with van der Waals surface area (Å²) in [5, 5.41) is 14.8. The Bertz CT molecular complexity index is 352. The number of amides is 1. The minimum Gasteiger partial charge on any atom is -0.368 e. The second-order valence-electron chi connectivity index (χ2n) is 3.67. The molecule has 1 amide bonds. The van der Waals surface area contributed by atoms with Crippen molar-refractivity contribution < 1.29 is 4.79 Å². The van der Waals surface area contributed by atoms with Crippen LogP contribution in [0.5, 0.6) is 0 Å². The molecule has 1 aromatic rings. The van der Waals surface area contributed by atoms with E-state index in [0.29, 0.717) is 10.9 Å². The molecule has 0 aliphatic heterocycles. The zero-order valence-corrected chi connectivity index (χ0v) is 10.4. The number of hydrogen-bond acceptors (Lipinski definition) is 6. The van der Waals surface area contributed by atoms with Gasteiger partial charge in [-0.2, -0.15) is 0 Å². The summed E-state index contributed by atoms with van der Waals surface area (Å²) in [6, 6.07) is -0.169. The Balaban J connectivity index is 2.50. The fraction of sp³-hybridized carbons (Fsp3) is 0.750. The third kappa shape index (κ3) is 3.78. The lowest BCUT2D eigenvalue weighted by Crippen LogP contribution is -2.46. The standard InChI is InChI=1S/C8H16N6OS/c1-5(2)10-6(7(9)15)4-16-8-11-12-13-14(8)3/h5-6,10H,4H2,1-3H3,(H2,9,15). The Hall–Kier alpha value is -1.15. The topological polar surface area (TPSA) is 98.7 Å².